The molecule has 0 aromatic carbocycles. The summed E-state index contributed by atoms with van der Waals surface area (Å²) in [6.07, 6.45) is 0.958. The van der Waals surface area contributed by atoms with Crippen LogP contribution >= 0.6 is 34.9 Å². The third-order valence-electron chi connectivity index (χ3n) is 1.85. The number of rotatable bonds is 7. The molecule has 0 saturated heterocycles. The number of amides is 1. The molecule has 1 heterocycles. The minimum absolute atomic E-state index is 0.0664. The fourth-order valence-electron chi connectivity index (χ4n) is 1.02. The van der Waals surface area contributed by atoms with E-state index in [1.54, 1.807) is 23.1 Å². The van der Waals surface area contributed by atoms with Gasteiger partial charge in [0.25, 0.3) is 0 Å². The summed E-state index contributed by atoms with van der Waals surface area (Å²) in [5.41, 5.74) is 0. The predicted octanol–water partition coefficient (Wildman–Crippen LogP) is 2.66. The Kier molecular flexibility index (Phi) is 6.91. The molecule has 1 aromatic rings. The van der Waals surface area contributed by atoms with E-state index in [-0.39, 0.29) is 11.2 Å². The molecule has 7 heteroatoms. The van der Waals surface area contributed by atoms with Crippen molar-refractivity contribution in [2.75, 3.05) is 12.3 Å². The van der Waals surface area contributed by atoms with E-state index >= 15 is 0 Å². The Hall–Kier alpha value is -0.270. The summed E-state index contributed by atoms with van der Waals surface area (Å²) in [7, 11) is 0. The van der Waals surface area contributed by atoms with Crippen LogP contribution in [0.5, 0.6) is 0 Å². The number of nitrogens with zero attached hydrogens (tertiary/aromatic N) is 2. The van der Waals surface area contributed by atoms with Crippen LogP contribution in [0.2, 0.25) is 0 Å². The highest BCUT2D eigenvalue weighted by Gasteiger charge is 2.16. The minimum Gasteiger partial charge on any atom is -0.355 e. The van der Waals surface area contributed by atoms with Crippen LogP contribution in [0.15, 0.2) is 8.68 Å². The topological polar surface area (TPSA) is 54.9 Å². The molecule has 0 unspecified atom stereocenters. The Bertz CT molecular complexity index is 356. The summed E-state index contributed by atoms with van der Waals surface area (Å²) >= 11 is 4.70. The SMILES string of the molecule is CCCNC(=O)[C@@H](C)Sc1nnc(SCC)s1. The van der Waals surface area contributed by atoms with Crippen LogP contribution in [0.4, 0.5) is 0 Å². The van der Waals surface area contributed by atoms with Gasteiger partial charge < -0.3 is 5.32 Å². The first-order valence-electron chi connectivity index (χ1n) is 5.58. The number of thioether (sulfide) groups is 2. The van der Waals surface area contributed by atoms with E-state index in [0.29, 0.717) is 0 Å². The lowest BCUT2D eigenvalue weighted by Gasteiger charge is -2.08. The molecule has 17 heavy (non-hydrogen) atoms. The van der Waals surface area contributed by atoms with Gasteiger partial charge in [0.15, 0.2) is 8.68 Å². The minimum atomic E-state index is -0.117. The summed E-state index contributed by atoms with van der Waals surface area (Å²) in [6.45, 7) is 6.75. The van der Waals surface area contributed by atoms with Crippen LogP contribution in [-0.2, 0) is 4.79 Å². The first-order valence-corrected chi connectivity index (χ1v) is 8.26. The molecule has 1 N–H and O–H groups in total. The molecule has 1 rings (SSSR count). The van der Waals surface area contributed by atoms with E-state index in [9.17, 15) is 4.79 Å². The maximum atomic E-state index is 11.7. The molecule has 0 aliphatic heterocycles. The van der Waals surface area contributed by atoms with Crippen molar-refractivity contribution in [3.63, 3.8) is 0 Å². The lowest BCUT2D eigenvalue weighted by atomic mass is 10.4. The van der Waals surface area contributed by atoms with E-state index in [4.69, 9.17) is 0 Å². The quantitative estimate of drug-likeness (QED) is 0.783. The van der Waals surface area contributed by atoms with Gasteiger partial charge >= 0.3 is 0 Å². The summed E-state index contributed by atoms with van der Waals surface area (Å²) in [6, 6.07) is 0. The summed E-state index contributed by atoms with van der Waals surface area (Å²) in [5, 5.41) is 10.9. The molecular formula is C10H17N3OS3. The second kappa shape index (κ2) is 7.94. The second-order valence-corrected chi connectivity index (χ2v) is 7.39. The van der Waals surface area contributed by atoms with Crippen molar-refractivity contribution in [1.82, 2.24) is 15.5 Å². The van der Waals surface area contributed by atoms with E-state index < -0.39 is 0 Å². The molecule has 0 radical (unpaired) electrons. The fourth-order valence-corrected chi connectivity index (χ4v) is 4.11. The Labute approximate surface area is 114 Å². The highest BCUT2D eigenvalue weighted by molar-refractivity contribution is 8.03. The van der Waals surface area contributed by atoms with Crippen LogP contribution < -0.4 is 5.32 Å². The van der Waals surface area contributed by atoms with E-state index in [0.717, 1.165) is 27.4 Å². The fraction of sp³-hybridized carbons (Fsp3) is 0.700. The van der Waals surface area contributed by atoms with Gasteiger partial charge in [-0.3, -0.25) is 4.79 Å². The predicted molar refractivity (Wildman–Crippen MR) is 74.9 cm³/mol. The largest absolute Gasteiger partial charge is 0.355 e. The normalized spacial score (nSPS) is 12.4. The maximum Gasteiger partial charge on any atom is 0.233 e. The van der Waals surface area contributed by atoms with Gasteiger partial charge in [-0.2, -0.15) is 0 Å². The number of aromatic nitrogens is 2. The summed E-state index contributed by atoms with van der Waals surface area (Å²) in [5.74, 6) is 1.06. The average molecular weight is 291 g/mol. The van der Waals surface area contributed by atoms with Crippen LogP contribution in [0.3, 0.4) is 0 Å². The van der Waals surface area contributed by atoms with Gasteiger partial charge in [-0.05, 0) is 19.1 Å². The van der Waals surface area contributed by atoms with Gasteiger partial charge in [0, 0.05) is 6.54 Å². The van der Waals surface area contributed by atoms with Gasteiger partial charge in [-0.15, -0.1) is 10.2 Å². The number of carbonyl (C=O) groups excluding carboxylic acids is 1. The van der Waals surface area contributed by atoms with Crippen molar-refractivity contribution >= 4 is 40.8 Å². The van der Waals surface area contributed by atoms with Gasteiger partial charge in [0.05, 0.1) is 5.25 Å². The monoisotopic (exact) mass is 291 g/mol. The first kappa shape index (κ1) is 14.8. The van der Waals surface area contributed by atoms with Crippen molar-refractivity contribution < 1.29 is 4.79 Å². The molecule has 0 aliphatic carbocycles. The van der Waals surface area contributed by atoms with Gasteiger partial charge in [-0.1, -0.05) is 48.7 Å². The third-order valence-corrected chi connectivity index (χ3v) is 4.97. The first-order chi connectivity index (χ1) is 8.17. The van der Waals surface area contributed by atoms with Crippen LogP contribution in [-0.4, -0.2) is 33.7 Å². The summed E-state index contributed by atoms with van der Waals surface area (Å²) in [4.78, 5) is 11.7. The lowest BCUT2D eigenvalue weighted by molar-refractivity contribution is -0.120. The molecule has 0 aliphatic rings. The molecular weight excluding hydrogens is 274 g/mol. The molecule has 0 saturated carbocycles. The van der Waals surface area contributed by atoms with Crippen LogP contribution in [0, 0.1) is 0 Å². The smallest absolute Gasteiger partial charge is 0.233 e. The molecule has 0 spiro atoms. The number of hydrogen-bond acceptors (Lipinski definition) is 6. The van der Waals surface area contributed by atoms with E-state index in [2.05, 4.69) is 22.4 Å². The lowest BCUT2D eigenvalue weighted by Crippen LogP contribution is -2.31. The molecule has 4 nitrogen and oxygen atoms in total. The maximum absolute atomic E-state index is 11.7. The Morgan fingerprint density at radius 1 is 1.41 bits per heavy atom. The highest BCUT2D eigenvalue weighted by Crippen LogP contribution is 2.30. The van der Waals surface area contributed by atoms with Crippen LogP contribution in [0.25, 0.3) is 0 Å². The zero-order valence-electron chi connectivity index (χ0n) is 10.2. The van der Waals surface area contributed by atoms with Crippen molar-refractivity contribution in [3.8, 4) is 0 Å². The van der Waals surface area contributed by atoms with E-state index in [1.807, 2.05) is 13.8 Å². The van der Waals surface area contributed by atoms with Gasteiger partial charge in [0.1, 0.15) is 0 Å². The molecule has 0 fully saturated rings. The van der Waals surface area contributed by atoms with Crippen molar-refractivity contribution in [2.24, 2.45) is 0 Å². The Balaban J connectivity index is 2.43. The molecule has 1 amide bonds. The Morgan fingerprint density at radius 3 is 2.76 bits per heavy atom. The molecule has 1 atom stereocenters. The highest BCUT2D eigenvalue weighted by atomic mass is 32.2. The number of carbonyl (C=O) groups is 1. The number of nitrogens with one attached hydrogen (secondary N) is 1. The molecule has 1 aromatic heterocycles. The summed E-state index contributed by atoms with van der Waals surface area (Å²) < 4.78 is 1.83. The van der Waals surface area contributed by atoms with Crippen molar-refractivity contribution in [3.05, 3.63) is 0 Å². The third kappa shape index (κ3) is 5.27. The van der Waals surface area contributed by atoms with Crippen molar-refractivity contribution in [2.45, 2.75) is 41.1 Å². The van der Waals surface area contributed by atoms with Crippen molar-refractivity contribution in [1.29, 1.82) is 0 Å². The molecule has 0 bridgehead atoms. The van der Waals surface area contributed by atoms with Gasteiger partial charge in [0.2, 0.25) is 5.91 Å². The van der Waals surface area contributed by atoms with Crippen LogP contribution in [0.1, 0.15) is 27.2 Å². The van der Waals surface area contributed by atoms with E-state index in [1.165, 1.54) is 11.8 Å². The molecule has 96 valence electrons. The average Bonchev–Trinajstić information content (AvgIpc) is 2.74. The standard InChI is InChI=1S/C10H17N3OS3/c1-4-6-11-8(14)7(3)16-10-13-12-9(17-10)15-5-2/h7H,4-6H2,1-3H3,(H,11,14)/t7-/m1/s1. The number of hydrogen-bond donors (Lipinski definition) is 1. The van der Waals surface area contributed by atoms with Gasteiger partial charge in [-0.25, -0.2) is 0 Å². The zero-order valence-corrected chi connectivity index (χ0v) is 12.7. The zero-order chi connectivity index (χ0) is 12.7. The second-order valence-electron chi connectivity index (χ2n) is 3.32. The Morgan fingerprint density at radius 2 is 2.12 bits per heavy atom.